The summed E-state index contributed by atoms with van der Waals surface area (Å²) in [6, 6.07) is 10.8. The highest BCUT2D eigenvalue weighted by atomic mass is 16.5. The topological polar surface area (TPSA) is 52.6 Å². The smallest absolute Gasteiger partial charge is 0.0357 e. The maximum absolute atomic E-state index is 11.4. The van der Waals surface area contributed by atoms with Gasteiger partial charge in [0.05, 0.1) is 0 Å². The Bertz CT molecular complexity index is 467. The van der Waals surface area contributed by atoms with E-state index in [9.17, 15) is 10.4 Å². The number of anilines is 2. The van der Waals surface area contributed by atoms with Gasteiger partial charge in [-0.3, -0.25) is 0 Å². The van der Waals surface area contributed by atoms with Crippen LogP contribution in [0.3, 0.4) is 0 Å². The summed E-state index contributed by atoms with van der Waals surface area (Å²) in [6.45, 7) is 0. The molecule has 0 atom stereocenters. The number of fused-ring (bicyclic) bond motifs is 1. The largest absolute Gasteiger partial charge is 0.758 e. The zero-order chi connectivity index (χ0) is 11.7. The molecule has 0 spiro atoms. The maximum atomic E-state index is 11.4. The van der Waals surface area contributed by atoms with Crippen molar-refractivity contribution in [1.82, 2.24) is 0 Å². The number of hydrogen-bond acceptors (Lipinski definition) is 4. The molecule has 16 heavy (non-hydrogen) atoms. The van der Waals surface area contributed by atoms with Gasteiger partial charge in [-0.05, 0) is 31.6 Å². The lowest BCUT2D eigenvalue weighted by atomic mass is 10.1. The summed E-state index contributed by atoms with van der Waals surface area (Å²) in [6.07, 6.45) is 0. The molecule has 2 aromatic rings. The third-order valence-corrected chi connectivity index (χ3v) is 2.54. The molecule has 84 valence electrons. The maximum Gasteiger partial charge on any atom is 0.0357 e. The fourth-order valence-corrected chi connectivity index (χ4v) is 1.83. The molecule has 0 saturated carbocycles. The van der Waals surface area contributed by atoms with E-state index in [-0.39, 0.29) is 0 Å². The van der Waals surface area contributed by atoms with Crippen molar-refractivity contribution in [2.24, 2.45) is 0 Å². The fourth-order valence-electron chi connectivity index (χ4n) is 1.83. The van der Waals surface area contributed by atoms with Crippen molar-refractivity contribution in [3.05, 3.63) is 46.8 Å². The van der Waals surface area contributed by atoms with Crippen molar-refractivity contribution in [3.63, 3.8) is 0 Å². The van der Waals surface area contributed by atoms with Gasteiger partial charge < -0.3 is 20.5 Å². The van der Waals surface area contributed by atoms with Crippen LogP contribution in [0, 0.1) is 10.4 Å². The Morgan fingerprint density at radius 1 is 0.812 bits per heavy atom. The van der Waals surface area contributed by atoms with Crippen molar-refractivity contribution in [2.75, 3.05) is 24.2 Å². The van der Waals surface area contributed by atoms with Crippen molar-refractivity contribution in [1.29, 1.82) is 0 Å². The highest BCUT2D eigenvalue weighted by Gasteiger charge is 2.05. The van der Waals surface area contributed by atoms with Gasteiger partial charge in [-0.2, -0.15) is 0 Å². The molecular weight excluding hydrogens is 204 g/mol. The Labute approximate surface area is 93.9 Å². The molecule has 0 aliphatic carbocycles. The molecule has 2 rings (SSSR count). The summed E-state index contributed by atoms with van der Waals surface area (Å²) in [5, 5.41) is 26.0. The van der Waals surface area contributed by atoms with Crippen molar-refractivity contribution < 1.29 is 0 Å². The van der Waals surface area contributed by atoms with Gasteiger partial charge in [0.2, 0.25) is 0 Å². The minimum atomic E-state index is 0.510. The van der Waals surface area contributed by atoms with Crippen LogP contribution >= 0.6 is 0 Å². The third-order valence-electron chi connectivity index (χ3n) is 2.54. The number of benzene rings is 2. The summed E-state index contributed by atoms with van der Waals surface area (Å²) >= 11 is 0. The summed E-state index contributed by atoms with van der Waals surface area (Å²) in [5.74, 6) is 0. The normalized spacial score (nSPS) is 10.5. The van der Waals surface area contributed by atoms with Crippen LogP contribution in [0.2, 0.25) is 0 Å². The first-order valence-electron chi connectivity index (χ1n) is 4.94. The molecule has 0 aliphatic heterocycles. The van der Waals surface area contributed by atoms with Crippen molar-refractivity contribution in [3.8, 4) is 0 Å². The van der Waals surface area contributed by atoms with Gasteiger partial charge in [-0.25, -0.2) is 0 Å². The van der Waals surface area contributed by atoms with Crippen LogP contribution < -0.4 is 10.1 Å². The first kappa shape index (κ1) is 10.7. The van der Waals surface area contributed by atoms with Gasteiger partial charge in [0.25, 0.3) is 0 Å². The molecule has 0 saturated heterocycles. The van der Waals surface area contributed by atoms with Crippen LogP contribution in [0.4, 0.5) is 11.4 Å². The summed E-state index contributed by atoms with van der Waals surface area (Å²) in [7, 11) is 2.85. The molecule has 0 amide bonds. The van der Waals surface area contributed by atoms with Crippen LogP contribution in [0.25, 0.3) is 10.8 Å². The molecule has 0 bridgehead atoms. The quantitative estimate of drug-likeness (QED) is 0.724. The Kier molecular flexibility index (Phi) is 2.68. The minimum Gasteiger partial charge on any atom is -0.758 e. The molecule has 0 fully saturated rings. The van der Waals surface area contributed by atoms with E-state index in [1.807, 2.05) is 12.1 Å². The van der Waals surface area contributed by atoms with Gasteiger partial charge >= 0.3 is 0 Å². The van der Waals surface area contributed by atoms with Crippen LogP contribution in [-0.2, 0) is 0 Å². The van der Waals surface area contributed by atoms with E-state index in [2.05, 4.69) is 0 Å². The Hall–Kier alpha value is -1.78. The lowest BCUT2D eigenvalue weighted by molar-refractivity contribution is 1.21. The second kappa shape index (κ2) is 4.00. The number of hydrogen-bond donors (Lipinski definition) is 0. The van der Waals surface area contributed by atoms with Crippen LogP contribution in [0.15, 0.2) is 36.4 Å². The molecule has 0 unspecified atom stereocenters. The molecule has 4 nitrogen and oxygen atoms in total. The molecule has 4 heteroatoms. The summed E-state index contributed by atoms with van der Waals surface area (Å²) in [5.41, 5.74) is 1.02. The number of rotatable bonds is 2. The predicted molar refractivity (Wildman–Crippen MR) is 67.5 cm³/mol. The zero-order valence-electron chi connectivity index (χ0n) is 9.18. The molecule has 0 N–H and O–H groups in total. The molecule has 0 aliphatic rings. The Morgan fingerprint density at radius 2 is 1.25 bits per heavy atom. The molecule has 2 aromatic carbocycles. The van der Waals surface area contributed by atoms with Gasteiger partial charge in [0, 0.05) is 16.8 Å². The van der Waals surface area contributed by atoms with E-state index in [1.165, 1.54) is 14.1 Å². The average Bonchev–Trinajstić information content (AvgIpc) is 2.27. The van der Waals surface area contributed by atoms with Gasteiger partial charge in [-0.1, -0.05) is 24.3 Å². The first-order valence-corrected chi connectivity index (χ1v) is 4.94. The lowest BCUT2D eigenvalue weighted by Gasteiger charge is -2.31. The fraction of sp³-hybridized carbons (Fsp3) is 0.167. The van der Waals surface area contributed by atoms with Crippen molar-refractivity contribution in [2.45, 2.75) is 0 Å². The van der Waals surface area contributed by atoms with Crippen molar-refractivity contribution >= 4 is 22.1 Å². The van der Waals surface area contributed by atoms with Gasteiger partial charge in [0.1, 0.15) is 0 Å². The molecular formula is C12H12N2O2-2. The van der Waals surface area contributed by atoms with E-state index < -0.39 is 0 Å². The van der Waals surface area contributed by atoms with E-state index in [4.69, 9.17) is 0 Å². The summed E-state index contributed by atoms with van der Waals surface area (Å²) in [4.78, 5) is 0. The van der Waals surface area contributed by atoms with Crippen LogP contribution in [0.5, 0.6) is 0 Å². The number of hydroxylamine groups is 2. The third kappa shape index (κ3) is 1.68. The Morgan fingerprint density at radius 3 is 1.62 bits per heavy atom. The SMILES string of the molecule is CN([O-])c1cccc2cccc(N(C)[O-])c12. The Balaban J connectivity index is 2.82. The van der Waals surface area contributed by atoms with Crippen LogP contribution in [0.1, 0.15) is 0 Å². The summed E-state index contributed by atoms with van der Waals surface area (Å²) < 4.78 is 0. The highest BCUT2D eigenvalue weighted by molar-refractivity contribution is 6.03. The lowest BCUT2D eigenvalue weighted by Crippen LogP contribution is -2.10. The predicted octanol–water partition coefficient (Wildman–Crippen LogP) is 2.71. The molecule has 0 heterocycles. The monoisotopic (exact) mass is 216 g/mol. The molecule has 0 radical (unpaired) electrons. The highest BCUT2D eigenvalue weighted by Crippen LogP contribution is 2.33. The van der Waals surface area contributed by atoms with E-state index in [0.717, 1.165) is 15.5 Å². The average molecular weight is 216 g/mol. The standard InChI is InChI=1S/C12H12N2O2/c1-13(15)10-7-3-5-9-6-4-8-11(12(9)10)14(2)16/h3-8H,1-2H3/q-2. The second-order valence-corrected chi connectivity index (χ2v) is 3.65. The first-order chi connectivity index (χ1) is 7.61. The minimum absolute atomic E-state index is 0.510. The molecule has 0 aromatic heterocycles. The van der Waals surface area contributed by atoms with E-state index in [0.29, 0.717) is 16.8 Å². The van der Waals surface area contributed by atoms with E-state index >= 15 is 0 Å². The van der Waals surface area contributed by atoms with Crippen LogP contribution in [-0.4, -0.2) is 14.1 Å². The van der Waals surface area contributed by atoms with E-state index in [1.54, 1.807) is 24.3 Å². The van der Waals surface area contributed by atoms with Gasteiger partial charge in [-0.15, -0.1) is 0 Å². The number of nitrogens with zero attached hydrogens (tertiary/aromatic N) is 2. The van der Waals surface area contributed by atoms with Gasteiger partial charge in [0.15, 0.2) is 0 Å². The second-order valence-electron chi connectivity index (χ2n) is 3.65. The zero-order valence-corrected chi connectivity index (χ0v) is 9.18.